The molecule has 0 unspecified atom stereocenters. The molecule has 0 heterocycles. The third-order valence-corrected chi connectivity index (χ3v) is 7.04. The van der Waals surface area contributed by atoms with Crippen LogP contribution < -0.4 is 5.32 Å². The molecular weight excluding hydrogens is 665 g/mol. The second-order valence-corrected chi connectivity index (χ2v) is 12.1. The monoisotopic (exact) mass is 777 g/mol. The Morgan fingerprint density at radius 1 is 0.600 bits per heavy atom. The third kappa shape index (κ3) is 77.1. The molecule has 0 saturated carbocycles. The predicted octanol–water partition coefficient (Wildman–Crippen LogP) is 19.6. The molecule has 0 rings (SSSR count). The Kier molecular flexibility index (Phi) is 107. The lowest BCUT2D eigenvalue weighted by Gasteiger charge is -2.28. The van der Waals surface area contributed by atoms with Gasteiger partial charge in [-0.25, -0.2) is 0 Å². The smallest absolute Gasteiger partial charge is 0.0367 e. The minimum absolute atomic E-state index is 0.412. The number of unbranched alkanes of at least 4 members (excludes halogenated alkanes) is 6. The second-order valence-electron chi connectivity index (χ2n) is 12.1. The number of allylic oxidation sites excluding steroid dienone is 7. The van der Waals surface area contributed by atoms with Crippen molar-refractivity contribution in [3.8, 4) is 0 Å². The van der Waals surface area contributed by atoms with Gasteiger partial charge in [-0.1, -0.05) is 210 Å². The van der Waals surface area contributed by atoms with Crippen molar-refractivity contribution in [2.24, 2.45) is 0 Å². The Balaban J connectivity index is -0.0000000607. The summed E-state index contributed by atoms with van der Waals surface area (Å²) < 4.78 is 0. The van der Waals surface area contributed by atoms with Crippen LogP contribution in [0.1, 0.15) is 230 Å². The number of nitrogens with zero attached hydrogens (tertiary/aromatic N) is 1. The molecule has 334 valence electrons. The molecule has 0 spiro atoms. The highest BCUT2D eigenvalue weighted by molar-refractivity contribution is 5.32. The van der Waals surface area contributed by atoms with Crippen molar-refractivity contribution in [2.45, 2.75) is 236 Å². The lowest BCUT2D eigenvalue weighted by atomic mass is 10.0. The number of nitrogens with one attached hydrogen (secondary N) is 1. The maximum atomic E-state index is 4.17. The van der Waals surface area contributed by atoms with E-state index in [9.17, 15) is 0 Å². The molecule has 2 nitrogen and oxygen atoms in total. The molecule has 0 aromatic rings. The van der Waals surface area contributed by atoms with E-state index in [1.807, 2.05) is 90.0 Å². The van der Waals surface area contributed by atoms with Crippen molar-refractivity contribution in [1.82, 2.24) is 10.2 Å². The first-order valence-electron chi connectivity index (χ1n) is 22.8. The first kappa shape index (κ1) is 77.2. The normalized spacial score (nSPS) is 9.33. The minimum atomic E-state index is 0.412. The van der Waals surface area contributed by atoms with Gasteiger partial charge in [0, 0.05) is 24.0 Å². The van der Waals surface area contributed by atoms with Crippen LogP contribution in [-0.2, 0) is 0 Å². The Bertz CT molecular complexity index is 801. The van der Waals surface area contributed by atoms with Crippen molar-refractivity contribution < 1.29 is 0 Å². The quantitative estimate of drug-likeness (QED) is 0.0798. The van der Waals surface area contributed by atoms with E-state index in [2.05, 4.69) is 137 Å². The van der Waals surface area contributed by atoms with Gasteiger partial charge in [0.1, 0.15) is 0 Å². The minimum Gasteiger partial charge on any atom is -0.346 e. The van der Waals surface area contributed by atoms with Crippen LogP contribution in [0.4, 0.5) is 0 Å². The van der Waals surface area contributed by atoms with E-state index < -0.39 is 0 Å². The lowest BCUT2D eigenvalue weighted by molar-refractivity contribution is 0.434. The van der Waals surface area contributed by atoms with Gasteiger partial charge in [-0.2, -0.15) is 0 Å². The Morgan fingerprint density at radius 3 is 1.31 bits per heavy atom. The molecule has 0 saturated heterocycles. The Hall–Kier alpha value is -2.32. The zero-order valence-electron chi connectivity index (χ0n) is 43.2. The van der Waals surface area contributed by atoms with Crippen LogP contribution >= 0.6 is 0 Å². The highest BCUT2D eigenvalue weighted by atomic mass is 15.1. The van der Waals surface area contributed by atoms with Crippen molar-refractivity contribution in [3.05, 3.63) is 97.0 Å². The molecular formula is C53H112N2. The van der Waals surface area contributed by atoms with E-state index in [1.54, 1.807) is 0 Å². The Morgan fingerprint density at radius 2 is 1.02 bits per heavy atom. The van der Waals surface area contributed by atoms with E-state index in [0.717, 1.165) is 42.9 Å². The van der Waals surface area contributed by atoms with Crippen molar-refractivity contribution in [2.75, 3.05) is 13.1 Å². The second kappa shape index (κ2) is 76.4. The van der Waals surface area contributed by atoms with E-state index in [0.29, 0.717) is 6.04 Å². The molecule has 0 aromatic carbocycles. The molecule has 2 heteroatoms. The first-order valence-corrected chi connectivity index (χ1v) is 22.8. The summed E-state index contributed by atoms with van der Waals surface area (Å²) in [6, 6.07) is 0.412. The van der Waals surface area contributed by atoms with Gasteiger partial charge < -0.3 is 10.2 Å². The van der Waals surface area contributed by atoms with Crippen LogP contribution in [0.25, 0.3) is 0 Å². The van der Waals surface area contributed by atoms with Crippen LogP contribution in [0.3, 0.4) is 0 Å². The topological polar surface area (TPSA) is 15.3 Å². The number of hydrogen-bond donors (Lipinski definition) is 1. The van der Waals surface area contributed by atoms with Gasteiger partial charge in [0.2, 0.25) is 0 Å². The van der Waals surface area contributed by atoms with Gasteiger partial charge in [0.15, 0.2) is 0 Å². The highest BCUT2D eigenvalue weighted by Crippen LogP contribution is 2.23. The SMILES string of the molecule is C=C.C=C(/C=C\CCCC)[C@@H](C)NCCCCCC.C=C(C)C/C(=C\C)C(=C)N(CCC)C(=C)C.CC.CC.CC.CC.CC.CC(C)=C(C)C.CCCC. The molecule has 55 heavy (non-hydrogen) atoms. The summed E-state index contributed by atoms with van der Waals surface area (Å²) in [6.07, 6.45) is 20.2. The van der Waals surface area contributed by atoms with Crippen molar-refractivity contribution in [3.63, 3.8) is 0 Å². The third-order valence-electron chi connectivity index (χ3n) is 7.04. The average molecular weight is 777 g/mol. The summed E-state index contributed by atoms with van der Waals surface area (Å²) in [5.74, 6) is 0. The van der Waals surface area contributed by atoms with E-state index in [-0.39, 0.29) is 0 Å². The molecule has 0 aliphatic rings. The zero-order chi connectivity index (χ0) is 46.2. The molecule has 1 N–H and O–H groups in total. The largest absolute Gasteiger partial charge is 0.346 e. The lowest BCUT2D eigenvalue weighted by Crippen LogP contribution is -2.27. The van der Waals surface area contributed by atoms with Crippen LogP contribution in [0, 0.1) is 0 Å². The standard InChI is InChI=1S/C16H31N.C15H25N.C6H12.C4H10.5C2H6.C2H4/c1-5-7-9-11-13-15(3)16(4)17-14-12-10-8-6-2;1-8-10-16(13(5)6)14(7)15(9-2)11-12(3)4;1-5(2)6(3)4;1-3-4-2;6*1-2/h11,13,16-17H,3,5-10,12,14H2,1-2,4H3;9H,3,5,7-8,10-11H2,1-2,4,6H3;1-4H3;3-4H2,1-2H3;5*1-2H3;1-2H2/b13-11-;15-9+;;;;;;;;/t16-;;;;;;;;;/m1........./s1. The summed E-state index contributed by atoms with van der Waals surface area (Å²) >= 11 is 0. The van der Waals surface area contributed by atoms with E-state index >= 15 is 0 Å². The van der Waals surface area contributed by atoms with Gasteiger partial charge in [0.25, 0.3) is 0 Å². The summed E-state index contributed by atoms with van der Waals surface area (Å²) in [4.78, 5) is 2.18. The zero-order valence-corrected chi connectivity index (χ0v) is 43.2. The average Bonchev–Trinajstić information content (AvgIpc) is 3.22. The van der Waals surface area contributed by atoms with Gasteiger partial charge >= 0.3 is 0 Å². The van der Waals surface area contributed by atoms with Gasteiger partial charge in [0.05, 0.1) is 0 Å². The van der Waals surface area contributed by atoms with Gasteiger partial charge in [-0.05, 0) is 98.8 Å². The molecule has 0 radical (unpaired) electrons. The van der Waals surface area contributed by atoms with Gasteiger partial charge in [-0.3, -0.25) is 0 Å². The maximum absolute atomic E-state index is 4.17. The number of rotatable bonds is 19. The van der Waals surface area contributed by atoms with Crippen LogP contribution in [-0.4, -0.2) is 24.0 Å². The molecule has 0 fully saturated rings. The van der Waals surface area contributed by atoms with Crippen molar-refractivity contribution >= 4 is 0 Å². The Labute approximate surface area is 355 Å². The van der Waals surface area contributed by atoms with Crippen LogP contribution in [0.2, 0.25) is 0 Å². The van der Waals surface area contributed by atoms with Gasteiger partial charge in [-0.15, -0.1) is 13.2 Å². The first-order chi connectivity index (χ1) is 26.2. The van der Waals surface area contributed by atoms with Crippen LogP contribution in [0.15, 0.2) is 97.0 Å². The molecule has 0 aliphatic heterocycles. The van der Waals surface area contributed by atoms with E-state index in [1.165, 1.54) is 80.1 Å². The predicted molar refractivity (Wildman–Crippen MR) is 272 cm³/mol. The molecule has 0 aliphatic carbocycles. The summed E-state index contributed by atoms with van der Waals surface area (Å²) in [5, 5.41) is 3.53. The van der Waals surface area contributed by atoms with E-state index in [4.69, 9.17) is 0 Å². The molecule has 0 aromatic heterocycles. The van der Waals surface area contributed by atoms with Crippen molar-refractivity contribution in [1.29, 1.82) is 0 Å². The molecule has 0 amide bonds. The fourth-order valence-corrected chi connectivity index (χ4v) is 3.35. The van der Waals surface area contributed by atoms with Crippen LogP contribution in [0.5, 0.6) is 0 Å². The summed E-state index contributed by atoms with van der Waals surface area (Å²) in [7, 11) is 0. The highest BCUT2D eigenvalue weighted by Gasteiger charge is 2.11. The summed E-state index contributed by atoms with van der Waals surface area (Å²) in [6.45, 7) is 72.1. The fourth-order valence-electron chi connectivity index (χ4n) is 3.35. The fraction of sp³-hybridized carbons (Fsp3) is 0.698. The summed E-state index contributed by atoms with van der Waals surface area (Å²) in [5.41, 5.74) is 8.56. The number of hydrogen-bond acceptors (Lipinski definition) is 2. The molecule has 0 bridgehead atoms. The molecule has 1 atom stereocenters. The maximum Gasteiger partial charge on any atom is 0.0367 e.